The maximum Gasteiger partial charge on any atom is 0.127 e. The molecule has 0 aliphatic carbocycles. The van der Waals surface area contributed by atoms with Crippen LogP contribution in [0.5, 0.6) is 5.75 Å². The van der Waals surface area contributed by atoms with Crippen LogP contribution in [-0.4, -0.2) is 26.3 Å². The number of hydrogen-bond acceptors (Lipinski definition) is 3. The van der Waals surface area contributed by atoms with Crippen LogP contribution < -0.4 is 10.1 Å². The monoisotopic (exact) mass is 365 g/mol. The second kappa shape index (κ2) is 8.07. The largest absolute Gasteiger partial charge is 0.496 e. The topological polar surface area (TPSA) is 30.5 Å². The number of piperidine rings is 1. The highest BCUT2D eigenvalue weighted by molar-refractivity contribution is 5.89. The van der Waals surface area contributed by atoms with Gasteiger partial charge in [-0.3, -0.25) is 0 Å². The number of ether oxygens (including phenoxy) is 2. The van der Waals surface area contributed by atoms with Crippen LogP contribution in [0.25, 0.3) is 10.8 Å². The van der Waals surface area contributed by atoms with Gasteiger partial charge in [-0.15, -0.1) is 0 Å². The molecule has 1 saturated heterocycles. The number of methoxy groups -OCH3 is 1. The molecule has 4 rings (SSSR count). The molecule has 4 heteroatoms. The molecule has 0 amide bonds. The van der Waals surface area contributed by atoms with Crippen molar-refractivity contribution in [3.8, 4) is 5.75 Å². The van der Waals surface area contributed by atoms with Gasteiger partial charge in [0.25, 0.3) is 0 Å². The number of benzene rings is 3. The van der Waals surface area contributed by atoms with Gasteiger partial charge in [-0.1, -0.05) is 36.4 Å². The first kappa shape index (κ1) is 18.0. The minimum Gasteiger partial charge on any atom is -0.496 e. The van der Waals surface area contributed by atoms with E-state index in [1.807, 2.05) is 30.3 Å². The highest BCUT2D eigenvalue weighted by Crippen LogP contribution is 2.31. The molecule has 3 aromatic carbocycles. The summed E-state index contributed by atoms with van der Waals surface area (Å²) in [4.78, 5) is 0. The SMILES string of the molecule is COc1cc(COC2CNCCC2c2ccc(F)cc2)cc2ccccc12. The van der Waals surface area contributed by atoms with Gasteiger partial charge in [0, 0.05) is 17.8 Å². The Balaban J connectivity index is 1.52. The maximum absolute atomic E-state index is 13.3. The second-order valence-electron chi connectivity index (χ2n) is 7.02. The van der Waals surface area contributed by atoms with Gasteiger partial charge < -0.3 is 14.8 Å². The fourth-order valence-corrected chi connectivity index (χ4v) is 3.89. The van der Waals surface area contributed by atoms with E-state index in [-0.39, 0.29) is 17.8 Å². The van der Waals surface area contributed by atoms with Gasteiger partial charge in [-0.05, 0) is 53.7 Å². The Hall–Kier alpha value is -2.43. The summed E-state index contributed by atoms with van der Waals surface area (Å²) in [5, 5.41) is 5.66. The third-order valence-corrected chi connectivity index (χ3v) is 5.29. The van der Waals surface area contributed by atoms with E-state index < -0.39 is 0 Å². The molecule has 3 nitrogen and oxygen atoms in total. The zero-order valence-electron chi connectivity index (χ0n) is 15.5. The molecule has 0 radical (unpaired) electrons. The molecule has 140 valence electrons. The average molecular weight is 365 g/mol. The summed E-state index contributed by atoms with van der Waals surface area (Å²) in [7, 11) is 1.70. The van der Waals surface area contributed by atoms with Crippen molar-refractivity contribution >= 4 is 10.8 Å². The van der Waals surface area contributed by atoms with Gasteiger partial charge in [0.05, 0.1) is 19.8 Å². The number of fused-ring (bicyclic) bond motifs is 1. The van der Waals surface area contributed by atoms with E-state index in [4.69, 9.17) is 9.47 Å². The third-order valence-electron chi connectivity index (χ3n) is 5.29. The first-order valence-corrected chi connectivity index (χ1v) is 9.38. The van der Waals surface area contributed by atoms with Gasteiger partial charge >= 0.3 is 0 Å². The van der Waals surface area contributed by atoms with Crippen molar-refractivity contribution in [3.63, 3.8) is 0 Å². The van der Waals surface area contributed by atoms with Crippen molar-refractivity contribution in [3.05, 3.63) is 77.6 Å². The van der Waals surface area contributed by atoms with Gasteiger partial charge in [0.1, 0.15) is 11.6 Å². The molecule has 1 heterocycles. The lowest BCUT2D eigenvalue weighted by Gasteiger charge is -2.32. The highest BCUT2D eigenvalue weighted by atomic mass is 19.1. The van der Waals surface area contributed by atoms with Crippen molar-refractivity contribution in [2.45, 2.75) is 25.0 Å². The smallest absolute Gasteiger partial charge is 0.127 e. The summed E-state index contributed by atoms with van der Waals surface area (Å²) in [6.07, 6.45) is 1.04. The molecular weight excluding hydrogens is 341 g/mol. The van der Waals surface area contributed by atoms with Crippen LogP contribution in [0.15, 0.2) is 60.7 Å². The minimum atomic E-state index is -0.201. The summed E-state index contributed by atoms with van der Waals surface area (Å²) in [5.74, 6) is 0.936. The van der Waals surface area contributed by atoms with Crippen molar-refractivity contribution in [1.82, 2.24) is 5.32 Å². The van der Waals surface area contributed by atoms with Gasteiger partial charge in [-0.25, -0.2) is 4.39 Å². The van der Waals surface area contributed by atoms with E-state index in [1.165, 1.54) is 12.1 Å². The summed E-state index contributed by atoms with van der Waals surface area (Å²) >= 11 is 0. The lowest BCUT2D eigenvalue weighted by atomic mass is 9.88. The summed E-state index contributed by atoms with van der Waals surface area (Å²) in [6.45, 7) is 2.27. The molecular formula is C23H24FNO2. The van der Waals surface area contributed by atoms with Crippen LogP contribution in [0.3, 0.4) is 0 Å². The van der Waals surface area contributed by atoms with Gasteiger partial charge in [0.15, 0.2) is 0 Å². The zero-order chi connectivity index (χ0) is 18.6. The molecule has 2 atom stereocenters. The molecule has 1 aliphatic heterocycles. The van der Waals surface area contributed by atoms with Crippen LogP contribution in [-0.2, 0) is 11.3 Å². The van der Waals surface area contributed by atoms with Crippen molar-refractivity contribution in [1.29, 1.82) is 0 Å². The number of hydrogen-bond donors (Lipinski definition) is 1. The van der Waals surface area contributed by atoms with E-state index in [1.54, 1.807) is 7.11 Å². The Morgan fingerprint density at radius 2 is 1.89 bits per heavy atom. The maximum atomic E-state index is 13.3. The minimum absolute atomic E-state index is 0.0571. The zero-order valence-corrected chi connectivity index (χ0v) is 15.5. The van der Waals surface area contributed by atoms with Crippen LogP contribution >= 0.6 is 0 Å². The van der Waals surface area contributed by atoms with Crippen LogP contribution in [0.1, 0.15) is 23.5 Å². The fraction of sp³-hybridized carbons (Fsp3) is 0.304. The normalized spacial score (nSPS) is 19.9. The first-order valence-electron chi connectivity index (χ1n) is 9.38. The van der Waals surface area contributed by atoms with Crippen molar-refractivity contribution in [2.24, 2.45) is 0 Å². The van der Waals surface area contributed by atoms with E-state index in [9.17, 15) is 4.39 Å². The first-order chi connectivity index (χ1) is 13.2. The summed E-state index contributed by atoms with van der Waals surface area (Å²) in [6, 6.07) is 19.2. The predicted octanol–water partition coefficient (Wildman–Crippen LogP) is 4.65. The Morgan fingerprint density at radius 1 is 1.07 bits per heavy atom. The summed E-state index contributed by atoms with van der Waals surface area (Å²) < 4.78 is 25.1. The second-order valence-corrected chi connectivity index (χ2v) is 7.02. The Labute approximate surface area is 159 Å². The molecule has 0 bridgehead atoms. The van der Waals surface area contributed by atoms with Crippen molar-refractivity contribution in [2.75, 3.05) is 20.2 Å². The van der Waals surface area contributed by atoms with Crippen LogP contribution in [0, 0.1) is 5.82 Å². The highest BCUT2D eigenvalue weighted by Gasteiger charge is 2.27. The number of halogens is 1. The lowest BCUT2D eigenvalue weighted by molar-refractivity contribution is 0.0106. The quantitative estimate of drug-likeness (QED) is 0.714. The summed E-state index contributed by atoms with van der Waals surface area (Å²) in [5.41, 5.74) is 2.23. The molecule has 27 heavy (non-hydrogen) atoms. The van der Waals surface area contributed by atoms with Gasteiger partial charge in [0.2, 0.25) is 0 Å². The number of nitrogens with one attached hydrogen (secondary N) is 1. The van der Waals surface area contributed by atoms with Crippen LogP contribution in [0.2, 0.25) is 0 Å². The molecule has 1 aliphatic rings. The number of rotatable bonds is 5. The van der Waals surface area contributed by atoms with Crippen molar-refractivity contribution < 1.29 is 13.9 Å². The molecule has 2 unspecified atom stereocenters. The van der Waals surface area contributed by atoms with E-state index in [0.717, 1.165) is 47.2 Å². The van der Waals surface area contributed by atoms with E-state index >= 15 is 0 Å². The molecule has 0 aromatic heterocycles. The predicted molar refractivity (Wildman–Crippen MR) is 106 cm³/mol. The molecule has 0 saturated carbocycles. The molecule has 1 N–H and O–H groups in total. The van der Waals surface area contributed by atoms with E-state index in [2.05, 4.69) is 23.5 Å². The van der Waals surface area contributed by atoms with Crippen LogP contribution in [0.4, 0.5) is 4.39 Å². The lowest BCUT2D eigenvalue weighted by Crippen LogP contribution is -2.40. The Morgan fingerprint density at radius 3 is 2.70 bits per heavy atom. The third kappa shape index (κ3) is 3.97. The average Bonchev–Trinajstić information content (AvgIpc) is 2.72. The molecule has 3 aromatic rings. The molecule has 1 fully saturated rings. The van der Waals surface area contributed by atoms with E-state index in [0.29, 0.717) is 6.61 Å². The fourth-order valence-electron chi connectivity index (χ4n) is 3.89. The standard InChI is InChI=1S/C23H24FNO2/c1-26-22-13-16(12-18-4-2-3-5-20(18)22)15-27-23-14-25-11-10-21(23)17-6-8-19(24)9-7-17/h2-9,12-13,21,23,25H,10-11,14-15H2,1H3. The Kier molecular flexibility index (Phi) is 5.37. The molecule has 0 spiro atoms. The Bertz CT molecular complexity index is 910. The van der Waals surface area contributed by atoms with Gasteiger partial charge in [-0.2, -0.15) is 0 Å².